The minimum atomic E-state index is -5.81. The zero-order valence-corrected chi connectivity index (χ0v) is 18.0. The van der Waals surface area contributed by atoms with Gasteiger partial charge in [-0.15, -0.1) is 0 Å². The van der Waals surface area contributed by atoms with Gasteiger partial charge < -0.3 is 9.47 Å². The lowest BCUT2D eigenvalue weighted by Gasteiger charge is -2.23. The van der Waals surface area contributed by atoms with Gasteiger partial charge in [0.25, 0.3) is 12.0 Å². The third kappa shape index (κ3) is 7.23. The Hall–Kier alpha value is -2.52. The van der Waals surface area contributed by atoms with Crippen molar-refractivity contribution in [2.75, 3.05) is 6.26 Å². The van der Waals surface area contributed by atoms with Crippen molar-refractivity contribution < 1.29 is 53.4 Å². The molecule has 1 heterocycles. The molecule has 0 bridgehead atoms. The Morgan fingerprint density at radius 1 is 1.06 bits per heavy atom. The molecule has 182 valence electrons. The van der Waals surface area contributed by atoms with E-state index < -0.39 is 73.2 Å². The fraction of sp³-hybridized carbons (Fsp3) is 0.250. The first-order valence-electron chi connectivity index (χ1n) is 8.03. The summed E-state index contributed by atoms with van der Waals surface area (Å²) in [6.07, 6.45) is -14.6. The molecule has 0 aliphatic carbocycles. The fourth-order valence-electron chi connectivity index (χ4n) is 2.11. The second kappa shape index (κ2) is 9.38. The maximum Gasteiger partial charge on any atom is 0.434 e. The highest BCUT2D eigenvalue weighted by molar-refractivity contribution is 7.89. The quantitative estimate of drug-likeness (QED) is 0.521. The summed E-state index contributed by atoms with van der Waals surface area (Å²) in [6, 6.07) is 2.00. The van der Waals surface area contributed by atoms with E-state index in [0.717, 1.165) is 6.07 Å². The van der Waals surface area contributed by atoms with E-state index >= 15 is 0 Å². The normalized spacial score (nSPS) is 12.6. The van der Waals surface area contributed by atoms with Gasteiger partial charge in [-0.1, -0.05) is 23.2 Å². The predicted molar refractivity (Wildman–Crippen MR) is 99.6 cm³/mol. The van der Waals surface area contributed by atoms with E-state index in [1.54, 1.807) is 0 Å². The Morgan fingerprint density at radius 2 is 1.64 bits per heavy atom. The van der Waals surface area contributed by atoms with Crippen molar-refractivity contribution in [3.8, 4) is 17.4 Å². The second-order valence-electron chi connectivity index (χ2n) is 6.11. The average molecular weight is 545 g/mol. The van der Waals surface area contributed by atoms with E-state index in [-0.39, 0.29) is 0 Å². The third-order valence-electron chi connectivity index (χ3n) is 3.38. The summed E-state index contributed by atoms with van der Waals surface area (Å²) in [5.74, 6) is -4.70. The van der Waals surface area contributed by atoms with E-state index in [2.05, 4.69) is 9.72 Å². The number of hydrogen-bond donors (Lipinski definition) is 1. The van der Waals surface area contributed by atoms with Gasteiger partial charge in [0.05, 0.1) is 23.0 Å². The number of halogens is 9. The molecule has 0 saturated carbocycles. The van der Waals surface area contributed by atoms with E-state index in [0.29, 0.717) is 24.6 Å². The summed E-state index contributed by atoms with van der Waals surface area (Å²) in [5.41, 5.74) is -0.761. The maximum absolute atomic E-state index is 14.2. The number of nitrogens with zero attached hydrogens (tertiary/aromatic N) is 1. The van der Waals surface area contributed by atoms with Crippen molar-refractivity contribution in [3.63, 3.8) is 0 Å². The van der Waals surface area contributed by atoms with Crippen LogP contribution < -0.4 is 14.2 Å². The molecule has 1 N–H and O–H groups in total. The Morgan fingerprint density at radius 3 is 2.12 bits per heavy atom. The van der Waals surface area contributed by atoms with Crippen molar-refractivity contribution >= 4 is 39.1 Å². The van der Waals surface area contributed by atoms with Gasteiger partial charge in [0, 0.05) is 12.1 Å². The molecule has 33 heavy (non-hydrogen) atoms. The summed E-state index contributed by atoms with van der Waals surface area (Å²) < 4.78 is 123. The van der Waals surface area contributed by atoms with E-state index in [1.165, 1.54) is 4.72 Å². The number of benzene rings is 1. The van der Waals surface area contributed by atoms with Crippen LogP contribution in [0.15, 0.2) is 24.4 Å². The summed E-state index contributed by atoms with van der Waals surface area (Å²) in [7, 11) is -4.01. The van der Waals surface area contributed by atoms with Gasteiger partial charge in [-0.3, -0.25) is 4.79 Å². The molecule has 0 saturated heterocycles. The molecule has 1 amide bonds. The van der Waals surface area contributed by atoms with Crippen LogP contribution >= 0.6 is 23.2 Å². The third-order valence-corrected chi connectivity index (χ3v) is 4.50. The average Bonchev–Trinajstić information content (AvgIpc) is 2.60. The summed E-state index contributed by atoms with van der Waals surface area (Å²) in [5, 5.41) is -1.23. The number of rotatable bonds is 6. The number of pyridine rings is 1. The number of carbonyl (C=O) groups excluding carboxylic acids is 1. The molecule has 0 spiro atoms. The van der Waals surface area contributed by atoms with Gasteiger partial charge in [0.1, 0.15) is 22.3 Å². The van der Waals surface area contributed by atoms with Crippen LogP contribution in [-0.4, -0.2) is 44.0 Å². The SMILES string of the molecule is CS(=O)(=O)NC(=O)c1cc(Cl)c(Oc2cnc(OC(C(F)(F)F)C(F)(F)F)c(Cl)c2)cc1F. The molecule has 2 aromatic rings. The summed E-state index contributed by atoms with van der Waals surface area (Å²) in [6.45, 7) is 0. The van der Waals surface area contributed by atoms with Crippen LogP contribution in [0.4, 0.5) is 30.7 Å². The van der Waals surface area contributed by atoms with Gasteiger partial charge in [0.15, 0.2) is 0 Å². The lowest BCUT2D eigenvalue weighted by molar-refractivity contribution is -0.300. The first kappa shape index (κ1) is 26.7. The predicted octanol–water partition coefficient (Wildman–Crippen LogP) is 4.88. The molecule has 1 aromatic carbocycles. The molecular formula is C16H9Cl2F7N2O5S. The molecule has 0 unspecified atom stereocenters. The zero-order chi connectivity index (χ0) is 25.4. The van der Waals surface area contributed by atoms with Crippen molar-refractivity contribution in [2.45, 2.75) is 18.5 Å². The van der Waals surface area contributed by atoms with Gasteiger partial charge in [-0.2, -0.15) is 26.3 Å². The van der Waals surface area contributed by atoms with E-state index in [4.69, 9.17) is 27.9 Å². The number of hydrogen-bond acceptors (Lipinski definition) is 6. The van der Waals surface area contributed by atoms with Crippen molar-refractivity contribution in [1.82, 2.24) is 9.71 Å². The van der Waals surface area contributed by atoms with Crippen molar-refractivity contribution in [1.29, 1.82) is 0 Å². The summed E-state index contributed by atoms with van der Waals surface area (Å²) >= 11 is 11.5. The minimum Gasteiger partial charge on any atom is -0.454 e. The molecule has 0 aliphatic heterocycles. The van der Waals surface area contributed by atoms with Crippen LogP contribution in [0, 0.1) is 5.82 Å². The molecule has 0 fully saturated rings. The molecule has 17 heteroatoms. The number of aromatic nitrogens is 1. The molecule has 0 radical (unpaired) electrons. The van der Waals surface area contributed by atoms with Crippen LogP contribution in [0.25, 0.3) is 0 Å². The Kier molecular flexibility index (Phi) is 7.60. The van der Waals surface area contributed by atoms with Crippen LogP contribution in [0.3, 0.4) is 0 Å². The van der Waals surface area contributed by atoms with Crippen molar-refractivity contribution in [2.24, 2.45) is 0 Å². The van der Waals surface area contributed by atoms with Gasteiger partial charge in [-0.25, -0.2) is 22.5 Å². The van der Waals surface area contributed by atoms with Crippen LogP contribution in [0.1, 0.15) is 10.4 Å². The first-order valence-corrected chi connectivity index (χ1v) is 10.7. The summed E-state index contributed by atoms with van der Waals surface area (Å²) in [4.78, 5) is 15.0. The van der Waals surface area contributed by atoms with Gasteiger partial charge >= 0.3 is 12.4 Å². The Labute approximate surface area is 190 Å². The lowest BCUT2D eigenvalue weighted by Crippen LogP contribution is -2.46. The topological polar surface area (TPSA) is 94.6 Å². The molecule has 7 nitrogen and oxygen atoms in total. The van der Waals surface area contributed by atoms with Crippen LogP contribution in [0.5, 0.6) is 17.4 Å². The van der Waals surface area contributed by atoms with Crippen LogP contribution in [-0.2, 0) is 10.0 Å². The van der Waals surface area contributed by atoms with Gasteiger partial charge in [0.2, 0.25) is 15.9 Å². The monoisotopic (exact) mass is 544 g/mol. The van der Waals surface area contributed by atoms with Gasteiger partial charge in [-0.05, 0) is 6.07 Å². The first-order chi connectivity index (χ1) is 14.9. The minimum absolute atomic E-state index is 0.405. The smallest absolute Gasteiger partial charge is 0.434 e. The number of sulfonamides is 1. The molecule has 0 aliphatic rings. The Bertz CT molecular complexity index is 1160. The largest absolute Gasteiger partial charge is 0.454 e. The number of ether oxygens (including phenoxy) is 2. The maximum atomic E-state index is 14.2. The van der Waals surface area contributed by atoms with Crippen LogP contribution in [0.2, 0.25) is 10.0 Å². The second-order valence-corrected chi connectivity index (χ2v) is 8.67. The Balaban J connectivity index is 2.28. The van der Waals surface area contributed by atoms with E-state index in [1.807, 2.05) is 0 Å². The highest BCUT2D eigenvalue weighted by Gasteiger charge is 2.59. The zero-order valence-electron chi connectivity index (χ0n) is 15.7. The molecule has 2 rings (SSSR count). The highest BCUT2D eigenvalue weighted by Crippen LogP contribution is 2.39. The van der Waals surface area contributed by atoms with Crippen molar-refractivity contribution in [3.05, 3.63) is 45.8 Å². The number of nitrogens with one attached hydrogen (secondary N) is 1. The molecule has 0 atom stereocenters. The fourth-order valence-corrected chi connectivity index (χ4v) is 2.96. The lowest BCUT2D eigenvalue weighted by atomic mass is 10.2. The number of alkyl halides is 6. The molecular weight excluding hydrogens is 536 g/mol. The molecule has 1 aromatic heterocycles. The number of carbonyl (C=O) groups is 1. The highest BCUT2D eigenvalue weighted by atomic mass is 35.5. The number of amides is 1. The van der Waals surface area contributed by atoms with E-state index in [9.17, 15) is 43.9 Å². The standard InChI is InChI=1S/C16H9Cl2F7N2O5S/c1-33(29,30)27-12(28)7-3-8(17)11(4-10(7)19)31-6-2-9(18)13(26-5-6)32-14(15(20,21)22)16(23,24)25/h2-5,14H,1H3,(H,27,28).